The van der Waals surface area contributed by atoms with E-state index in [1.54, 1.807) is 7.05 Å². The Hall–Kier alpha value is -2.98. The second-order valence-electron chi connectivity index (χ2n) is 4.56. The highest BCUT2D eigenvalue weighted by atomic mass is 16.5. The second-order valence-corrected chi connectivity index (χ2v) is 4.56. The van der Waals surface area contributed by atoms with Crippen LogP contribution in [0.1, 0.15) is 35.1 Å². The summed E-state index contributed by atoms with van der Waals surface area (Å²) in [7, 11) is 3.04. The maximum absolute atomic E-state index is 12.0. The highest BCUT2D eigenvalue weighted by Crippen LogP contribution is 2.02. The molecule has 2 rings (SSSR count). The molecule has 0 aromatic carbocycles. The molecule has 0 bridgehead atoms. The SMILES string of the molecule is CCc1nc(CN(C)C(=O)NCc2nc(C(=O)NC)no2)no1. The Bertz CT molecular complexity index is 681. The van der Waals surface area contributed by atoms with Crippen molar-refractivity contribution in [2.75, 3.05) is 14.1 Å². The Morgan fingerprint density at radius 3 is 2.57 bits per heavy atom. The number of hydrogen-bond donors (Lipinski definition) is 2. The normalized spacial score (nSPS) is 10.4. The number of amides is 3. The van der Waals surface area contributed by atoms with E-state index in [4.69, 9.17) is 9.05 Å². The topological polar surface area (TPSA) is 139 Å². The van der Waals surface area contributed by atoms with Crippen molar-refractivity contribution >= 4 is 11.9 Å². The molecule has 23 heavy (non-hydrogen) atoms. The van der Waals surface area contributed by atoms with Gasteiger partial charge in [0.05, 0.1) is 13.1 Å². The molecule has 0 aliphatic rings. The smallest absolute Gasteiger partial charge is 0.317 e. The molecular formula is C12H17N7O4. The van der Waals surface area contributed by atoms with Crippen LogP contribution in [0.5, 0.6) is 0 Å². The summed E-state index contributed by atoms with van der Waals surface area (Å²) in [5.41, 5.74) is 0. The number of urea groups is 1. The lowest BCUT2D eigenvalue weighted by Gasteiger charge is -2.14. The first kappa shape index (κ1) is 16.4. The molecule has 0 aliphatic carbocycles. The van der Waals surface area contributed by atoms with Crippen LogP contribution in [-0.2, 0) is 19.5 Å². The molecule has 11 nitrogen and oxygen atoms in total. The predicted molar refractivity (Wildman–Crippen MR) is 75.1 cm³/mol. The van der Waals surface area contributed by atoms with Gasteiger partial charge in [0.15, 0.2) is 5.82 Å². The van der Waals surface area contributed by atoms with E-state index >= 15 is 0 Å². The van der Waals surface area contributed by atoms with Crippen molar-refractivity contribution in [3.05, 3.63) is 23.4 Å². The largest absolute Gasteiger partial charge is 0.352 e. The van der Waals surface area contributed by atoms with E-state index in [9.17, 15) is 9.59 Å². The number of hydrogen-bond acceptors (Lipinski definition) is 8. The highest BCUT2D eigenvalue weighted by Gasteiger charge is 2.16. The summed E-state index contributed by atoms with van der Waals surface area (Å²) < 4.78 is 9.83. The molecular weight excluding hydrogens is 306 g/mol. The van der Waals surface area contributed by atoms with E-state index in [0.29, 0.717) is 18.1 Å². The van der Waals surface area contributed by atoms with Gasteiger partial charge in [0.25, 0.3) is 11.7 Å². The zero-order chi connectivity index (χ0) is 16.8. The standard InChI is InChI=1S/C12H17N7O4/c1-4-8-15-7(17-22-8)6-19(3)12(21)14-5-9-16-10(18-23-9)11(20)13-2/h4-6H2,1-3H3,(H,13,20)(H,14,21). The maximum Gasteiger partial charge on any atom is 0.317 e. The monoisotopic (exact) mass is 323 g/mol. The summed E-state index contributed by atoms with van der Waals surface area (Å²) in [6, 6.07) is -0.382. The van der Waals surface area contributed by atoms with Gasteiger partial charge in [-0.3, -0.25) is 4.79 Å². The minimum Gasteiger partial charge on any atom is -0.352 e. The molecule has 2 aromatic rings. The van der Waals surface area contributed by atoms with E-state index in [0.717, 1.165) is 0 Å². The summed E-state index contributed by atoms with van der Waals surface area (Å²) in [5, 5.41) is 12.2. The number of nitrogens with zero attached hydrogens (tertiary/aromatic N) is 5. The van der Waals surface area contributed by atoms with Gasteiger partial charge in [-0.15, -0.1) is 0 Å². The van der Waals surface area contributed by atoms with Crippen LogP contribution in [-0.4, -0.2) is 51.2 Å². The van der Waals surface area contributed by atoms with Crippen molar-refractivity contribution in [1.29, 1.82) is 0 Å². The molecule has 0 spiro atoms. The molecule has 11 heteroatoms. The van der Waals surface area contributed by atoms with Crippen molar-refractivity contribution in [1.82, 2.24) is 35.8 Å². The summed E-state index contributed by atoms with van der Waals surface area (Å²) in [6.07, 6.45) is 0.633. The Balaban J connectivity index is 1.83. The average Bonchev–Trinajstić information content (AvgIpc) is 3.20. The van der Waals surface area contributed by atoms with Crippen LogP contribution >= 0.6 is 0 Å². The van der Waals surface area contributed by atoms with Crippen molar-refractivity contribution < 1.29 is 18.6 Å². The third-order valence-corrected chi connectivity index (χ3v) is 2.83. The molecule has 0 saturated heterocycles. The first-order valence-corrected chi connectivity index (χ1v) is 6.88. The molecule has 0 radical (unpaired) electrons. The zero-order valence-electron chi connectivity index (χ0n) is 13.0. The Morgan fingerprint density at radius 2 is 1.91 bits per heavy atom. The van der Waals surface area contributed by atoms with Gasteiger partial charge in [0.2, 0.25) is 11.8 Å². The zero-order valence-corrected chi connectivity index (χ0v) is 13.0. The van der Waals surface area contributed by atoms with Gasteiger partial charge in [-0.05, 0) is 0 Å². The molecule has 124 valence electrons. The first-order valence-electron chi connectivity index (χ1n) is 6.88. The summed E-state index contributed by atoms with van der Waals surface area (Å²) in [6.45, 7) is 2.09. The van der Waals surface area contributed by atoms with Crippen molar-refractivity contribution in [2.45, 2.75) is 26.4 Å². The summed E-state index contributed by atoms with van der Waals surface area (Å²) in [5.74, 6) is 0.495. The fourth-order valence-corrected chi connectivity index (χ4v) is 1.60. The Labute approximate surface area is 131 Å². The lowest BCUT2D eigenvalue weighted by molar-refractivity contribution is 0.0950. The maximum atomic E-state index is 12.0. The van der Waals surface area contributed by atoms with Gasteiger partial charge in [-0.2, -0.15) is 9.97 Å². The van der Waals surface area contributed by atoms with Crippen molar-refractivity contribution in [3.8, 4) is 0 Å². The molecule has 0 unspecified atom stereocenters. The molecule has 0 aliphatic heterocycles. The summed E-state index contributed by atoms with van der Waals surface area (Å²) >= 11 is 0. The van der Waals surface area contributed by atoms with Gasteiger partial charge in [-0.25, -0.2) is 4.79 Å². The molecule has 2 heterocycles. The number of aromatic nitrogens is 4. The minimum atomic E-state index is -0.465. The predicted octanol–water partition coefficient (Wildman–Crippen LogP) is -0.284. The van der Waals surface area contributed by atoms with E-state index in [2.05, 4.69) is 30.9 Å². The number of rotatable bonds is 6. The van der Waals surface area contributed by atoms with Gasteiger partial charge in [-0.1, -0.05) is 17.2 Å². The number of nitrogens with one attached hydrogen (secondary N) is 2. The highest BCUT2D eigenvalue weighted by molar-refractivity contribution is 5.89. The second kappa shape index (κ2) is 7.33. The van der Waals surface area contributed by atoms with Crippen LogP contribution in [0.4, 0.5) is 4.79 Å². The average molecular weight is 323 g/mol. The van der Waals surface area contributed by atoms with Gasteiger partial charge in [0, 0.05) is 20.5 Å². The van der Waals surface area contributed by atoms with Crippen LogP contribution < -0.4 is 10.6 Å². The summed E-state index contributed by atoms with van der Waals surface area (Å²) in [4.78, 5) is 32.6. The molecule has 0 atom stereocenters. The molecule has 0 saturated carbocycles. The molecule has 3 amide bonds. The van der Waals surface area contributed by atoms with Crippen LogP contribution in [0.15, 0.2) is 9.05 Å². The Morgan fingerprint density at radius 1 is 1.17 bits per heavy atom. The van der Waals surface area contributed by atoms with Crippen LogP contribution in [0.25, 0.3) is 0 Å². The van der Waals surface area contributed by atoms with Gasteiger partial charge < -0.3 is 24.6 Å². The number of aryl methyl sites for hydroxylation is 1. The third-order valence-electron chi connectivity index (χ3n) is 2.83. The molecule has 2 aromatic heterocycles. The van der Waals surface area contributed by atoms with Crippen molar-refractivity contribution in [2.24, 2.45) is 0 Å². The quantitative estimate of drug-likeness (QED) is 0.739. The van der Waals surface area contributed by atoms with E-state index in [-0.39, 0.29) is 30.8 Å². The number of carbonyl (C=O) groups excluding carboxylic acids is 2. The van der Waals surface area contributed by atoms with Crippen LogP contribution in [0, 0.1) is 0 Å². The lowest BCUT2D eigenvalue weighted by Crippen LogP contribution is -2.36. The van der Waals surface area contributed by atoms with E-state index in [1.807, 2.05) is 6.92 Å². The van der Waals surface area contributed by atoms with Gasteiger partial charge >= 0.3 is 6.03 Å². The van der Waals surface area contributed by atoms with Crippen molar-refractivity contribution in [3.63, 3.8) is 0 Å². The van der Waals surface area contributed by atoms with E-state index < -0.39 is 5.91 Å². The molecule has 2 N–H and O–H groups in total. The third kappa shape index (κ3) is 4.25. The van der Waals surface area contributed by atoms with Gasteiger partial charge in [0.1, 0.15) is 0 Å². The fourth-order valence-electron chi connectivity index (χ4n) is 1.60. The van der Waals surface area contributed by atoms with Crippen LogP contribution in [0.3, 0.4) is 0 Å². The lowest BCUT2D eigenvalue weighted by atomic mass is 10.5. The molecule has 0 fully saturated rings. The number of carbonyl (C=O) groups is 2. The fraction of sp³-hybridized carbons (Fsp3) is 0.500. The first-order chi connectivity index (χ1) is 11.0. The Kier molecular flexibility index (Phi) is 5.23. The van der Waals surface area contributed by atoms with Crippen LogP contribution in [0.2, 0.25) is 0 Å². The van der Waals surface area contributed by atoms with E-state index in [1.165, 1.54) is 11.9 Å². The minimum absolute atomic E-state index is 0.000375.